The van der Waals surface area contributed by atoms with E-state index in [9.17, 15) is 18.0 Å². The zero-order valence-electron chi connectivity index (χ0n) is 7.54. The zero-order valence-corrected chi connectivity index (χ0v) is 8.36. The summed E-state index contributed by atoms with van der Waals surface area (Å²) < 4.78 is 35.8. The SMILES string of the molecule is C=CC(=O)c1ccc(SC(F)(F)F)cc1. The summed E-state index contributed by atoms with van der Waals surface area (Å²) in [5, 5.41) is 0. The highest BCUT2D eigenvalue weighted by atomic mass is 32.2. The van der Waals surface area contributed by atoms with Gasteiger partial charge in [-0.2, -0.15) is 13.2 Å². The number of hydrogen-bond acceptors (Lipinski definition) is 2. The fourth-order valence-corrected chi connectivity index (χ4v) is 1.48. The molecule has 0 spiro atoms. The minimum absolute atomic E-state index is 0.0584. The van der Waals surface area contributed by atoms with Gasteiger partial charge in [0.1, 0.15) is 0 Å². The number of carbonyl (C=O) groups excluding carboxylic acids is 1. The summed E-state index contributed by atoms with van der Waals surface area (Å²) >= 11 is -0.208. The third kappa shape index (κ3) is 3.79. The molecule has 80 valence electrons. The maximum Gasteiger partial charge on any atom is 0.446 e. The third-order valence-corrected chi connectivity index (χ3v) is 2.30. The minimum atomic E-state index is -4.30. The van der Waals surface area contributed by atoms with Crippen LogP contribution in [0.1, 0.15) is 10.4 Å². The number of allylic oxidation sites excluding steroid dienone is 1. The Labute approximate surface area is 89.0 Å². The smallest absolute Gasteiger partial charge is 0.289 e. The predicted molar refractivity (Wildman–Crippen MR) is 52.9 cm³/mol. The molecule has 0 aromatic heterocycles. The molecule has 1 aromatic rings. The molecule has 0 atom stereocenters. The monoisotopic (exact) mass is 232 g/mol. The molecule has 0 amide bonds. The standard InChI is InChI=1S/C10H7F3OS/c1-2-9(14)7-3-5-8(6-4-7)15-10(11,12)13/h2-6H,1H2. The van der Waals surface area contributed by atoms with Crippen LogP contribution in [0.2, 0.25) is 0 Å². The van der Waals surface area contributed by atoms with E-state index in [0.29, 0.717) is 5.56 Å². The quantitative estimate of drug-likeness (QED) is 0.449. The average molecular weight is 232 g/mol. The van der Waals surface area contributed by atoms with Crippen molar-refractivity contribution < 1.29 is 18.0 Å². The summed E-state index contributed by atoms with van der Waals surface area (Å²) in [5.74, 6) is -0.307. The number of hydrogen-bond donors (Lipinski definition) is 0. The molecule has 0 bridgehead atoms. The highest BCUT2D eigenvalue weighted by Crippen LogP contribution is 2.36. The van der Waals surface area contributed by atoms with Crippen LogP contribution in [-0.2, 0) is 0 Å². The van der Waals surface area contributed by atoms with Gasteiger partial charge in [0.05, 0.1) is 0 Å². The zero-order chi connectivity index (χ0) is 11.5. The number of alkyl halides is 3. The molecule has 0 aliphatic rings. The van der Waals surface area contributed by atoms with E-state index in [4.69, 9.17) is 0 Å². The Bertz CT molecular complexity index is 367. The molecular weight excluding hydrogens is 225 g/mol. The van der Waals surface area contributed by atoms with Crippen molar-refractivity contribution in [2.75, 3.05) is 0 Å². The van der Waals surface area contributed by atoms with Crippen molar-refractivity contribution in [3.8, 4) is 0 Å². The van der Waals surface area contributed by atoms with E-state index in [2.05, 4.69) is 6.58 Å². The first kappa shape index (κ1) is 11.8. The van der Waals surface area contributed by atoms with Crippen LogP contribution in [0.15, 0.2) is 41.8 Å². The maximum atomic E-state index is 11.9. The molecule has 0 fully saturated rings. The van der Waals surface area contributed by atoms with Crippen LogP contribution >= 0.6 is 11.8 Å². The molecule has 0 unspecified atom stereocenters. The third-order valence-electron chi connectivity index (χ3n) is 1.56. The predicted octanol–water partition coefficient (Wildman–Crippen LogP) is 3.67. The second-order valence-corrected chi connectivity index (χ2v) is 3.78. The van der Waals surface area contributed by atoms with Gasteiger partial charge in [-0.1, -0.05) is 6.58 Å². The Morgan fingerprint density at radius 3 is 2.20 bits per heavy atom. The molecule has 0 N–H and O–H groups in total. The summed E-state index contributed by atoms with van der Waals surface area (Å²) in [6.45, 7) is 3.28. The van der Waals surface area contributed by atoms with Crippen LogP contribution in [-0.4, -0.2) is 11.3 Å². The normalized spacial score (nSPS) is 11.1. The van der Waals surface area contributed by atoms with Crippen LogP contribution in [0.4, 0.5) is 13.2 Å². The van der Waals surface area contributed by atoms with Gasteiger partial charge < -0.3 is 0 Å². The highest BCUT2D eigenvalue weighted by Gasteiger charge is 2.29. The number of ketones is 1. The van der Waals surface area contributed by atoms with E-state index in [1.807, 2.05) is 0 Å². The Hall–Kier alpha value is -1.23. The molecule has 1 aromatic carbocycles. The Kier molecular flexibility index (Phi) is 3.57. The fourth-order valence-electron chi connectivity index (χ4n) is 0.939. The number of thioether (sulfide) groups is 1. The van der Waals surface area contributed by atoms with E-state index >= 15 is 0 Å². The number of carbonyl (C=O) groups is 1. The van der Waals surface area contributed by atoms with E-state index in [-0.39, 0.29) is 22.4 Å². The minimum Gasteiger partial charge on any atom is -0.289 e. The van der Waals surface area contributed by atoms with Gasteiger partial charge in [-0.25, -0.2) is 0 Å². The number of rotatable bonds is 3. The molecule has 5 heteroatoms. The first-order valence-corrected chi connectivity index (χ1v) is 4.76. The molecule has 1 nitrogen and oxygen atoms in total. The Morgan fingerprint density at radius 1 is 1.27 bits per heavy atom. The molecule has 0 radical (unpaired) electrons. The van der Waals surface area contributed by atoms with E-state index < -0.39 is 5.51 Å². The van der Waals surface area contributed by atoms with Crippen molar-refractivity contribution in [2.45, 2.75) is 10.4 Å². The van der Waals surface area contributed by atoms with Gasteiger partial charge in [-0.05, 0) is 42.1 Å². The van der Waals surface area contributed by atoms with Crippen LogP contribution in [0, 0.1) is 0 Å². The fraction of sp³-hybridized carbons (Fsp3) is 0.100. The van der Waals surface area contributed by atoms with Gasteiger partial charge in [0.15, 0.2) is 5.78 Å². The maximum absolute atomic E-state index is 11.9. The number of halogens is 3. The second kappa shape index (κ2) is 4.53. The lowest BCUT2D eigenvalue weighted by Crippen LogP contribution is -1.99. The van der Waals surface area contributed by atoms with Crippen molar-refractivity contribution >= 4 is 17.5 Å². The van der Waals surface area contributed by atoms with Crippen molar-refractivity contribution in [1.29, 1.82) is 0 Å². The highest BCUT2D eigenvalue weighted by molar-refractivity contribution is 8.00. The van der Waals surface area contributed by atoms with Gasteiger partial charge in [0.25, 0.3) is 0 Å². The first-order chi connectivity index (χ1) is 6.92. The summed E-state index contributed by atoms with van der Waals surface area (Å²) in [5.41, 5.74) is -3.97. The first-order valence-electron chi connectivity index (χ1n) is 3.95. The molecule has 15 heavy (non-hydrogen) atoms. The van der Waals surface area contributed by atoms with Crippen LogP contribution in [0.3, 0.4) is 0 Å². The number of benzene rings is 1. The largest absolute Gasteiger partial charge is 0.446 e. The topological polar surface area (TPSA) is 17.1 Å². The van der Waals surface area contributed by atoms with Gasteiger partial charge in [-0.3, -0.25) is 4.79 Å². The van der Waals surface area contributed by atoms with E-state index in [1.54, 1.807) is 0 Å². The Morgan fingerprint density at radius 2 is 1.80 bits per heavy atom. The Balaban J connectivity index is 2.81. The van der Waals surface area contributed by atoms with Gasteiger partial charge in [0, 0.05) is 10.5 Å². The summed E-state index contributed by atoms with van der Waals surface area (Å²) in [6, 6.07) is 5.21. The average Bonchev–Trinajstić information content (AvgIpc) is 2.15. The molecule has 1 rings (SSSR count). The summed E-state index contributed by atoms with van der Waals surface area (Å²) in [7, 11) is 0. The molecule has 0 saturated heterocycles. The summed E-state index contributed by atoms with van der Waals surface area (Å²) in [4.78, 5) is 11.1. The van der Waals surface area contributed by atoms with Crippen molar-refractivity contribution in [3.63, 3.8) is 0 Å². The van der Waals surface area contributed by atoms with Crippen molar-refractivity contribution in [1.82, 2.24) is 0 Å². The molecule has 0 heterocycles. The van der Waals surface area contributed by atoms with Crippen LogP contribution < -0.4 is 0 Å². The molecule has 0 saturated carbocycles. The molecule has 0 aliphatic carbocycles. The van der Waals surface area contributed by atoms with Gasteiger partial charge in [0.2, 0.25) is 0 Å². The van der Waals surface area contributed by atoms with Crippen molar-refractivity contribution in [3.05, 3.63) is 42.5 Å². The molecular formula is C10H7F3OS. The van der Waals surface area contributed by atoms with Crippen LogP contribution in [0.5, 0.6) is 0 Å². The second-order valence-electron chi connectivity index (χ2n) is 2.64. The molecule has 0 aliphatic heterocycles. The van der Waals surface area contributed by atoms with Gasteiger partial charge in [-0.15, -0.1) is 0 Å². The lowest BCUT2D eigenvalue weighted by molar-refractivity contribution is -0.0328. The van der Waals surface area contributed by atoms with Gasteiger partial charge >= 0.3 is 5.51 Å². The van der Waals surface area contributed by atoms with E-state index in [0.717, 1.165) is 6.08 Å². The lowest BCUT2D eigenvalue weighted by atomic mass is 10.1. The van der Waals surface area contributed by atoms with Crippen LogP contribution in [0.25, 0.3) is 0 Å². The van der Waals surface area contributed by atoms with E-state index in [1.165, 1.54) is 24.3 Å². The van der Waals surface area contributed by atoms with Crippen molar-refractivity contribution in [2.24, 2.45) is 0 Å². The lowest BCUT2D eigenvalue weighted by Gasteiger charge is -2.05. The summed E-state index contributed by atoms with van der Waals surface area (Å²) in [6.07, 6.45) is 1.12.